The lowest BCUT2D eigenvalue weighted by atomic mass is 10.0. The number of methoxy groups -OCH3 is 1. The molecule has 33 heavy (non-hydrogen) atoms. The fourth-order valence-corrected chi connectivity index (χ4v) is 4.78. The van der Waals surface area contributed by atoms with Crippen molar-refractivity contribution in [3.8, 4) is 22.8 Å². The van der Waals surface area contributed by atoms with Crippen LogP contribution in [0.15, 0.2) is 42.9 Å². The number of nitrogens with one attached hydrogen (secondary N) is 1. The van der Waals surface area contributed by atoms with E-state index in [4.69, 9.17) is 32.7 Å². The SMILES string of the molecule is COc1cc2[nH]nc(-c3ccc(N4CC[C@@H]4C)nc3)c2cc1O[C@H](C)c1c(Cl)cncc1Cl. The minimum absolute atomic E-state index is 0.422. The van der Waals surface area contributed by atoms with Crippen molar-refractivity contribution in [2.45, 2.75) is 32.4 Å². The predicted molar refractivity (Wildman–Crippen MR) is 131 cm³/mol. The molecule has 1 aromatic carbocycles. The van der Waals surface area contributed by atoms with Gasteiger partial charge >= 0.3 is 0 Å². The molecular formula is C24H23Cl2N5O2. The predicted octanol–water partition coefficient (Wildman–Crippen LogP) is 6.07. The Hall–Kier alpha value is -3.03. The van der Waals surface area contributed by atoms with Gasteiger partial charge in [0.25, 0.3) is 0 Å². The summed E-state index contributed by atoms with van der Waals surface area (Å²) < 4.78 is 11.8. The summed E-state index contributed by atoms with van der Waals surface area (Å²) in [7, 11) is 1.60. The number of benzene rings is 1. The molecular weight excluding hydrogens is 461 g/mol. The van der Waals surface area contributed by atoms with E-state index in [0.29, 0.717) is 33.1 Å². The Morgan fingerprint density at radius 1 is 1.12 bits per heavy atom. The lowest BCUT2D eigenvalue weighted by Crippen LogP contribution is -2.46. The molecule has 0 amide bonds. The van der Waals surface area contributed by atoms with E-state index in [1.54, 1.807) is 19.5 Å². The van der Waals surface area contributed by atoms with Crippen LogP contribution in [0, 0.1) is 0 Å². The van der Waals surface area contributed by atoms with Gasteiger partial charge < -0.3 is 14.4 Å². The molecule has 1 fully saturated rings. The molecule has 5 rings (SSSR count). The van der Waals surface area contributed by atoms with Crippen LogP contribution in [0.1, 0.15) is 31.9 Å². The van der Waals surface area contributed by atoms with Gasteiger partial charge in [0, 0.05) is 53.8 Å². The van der Waals surface area contributed by atoms with Crippen LogP contribution < -0.4 is 14.4 Å². The van der Waals surface area contributed by atoms with Crippen LogP contribution in [-0.2, 0) is 0 Å². The molecule has 170 valence electrons. The molecule has 0 spiro atoms. The minimum atomic E-state index is -0.422. The summed E-state index contributed by atoms with van der Waals surface area (Å²) in [6.45, 7) is 5.14. The van der Waals surface area contributed by atoms with Gasteiger partial charge in [-0.1, -0.05) is 23.2 Å². The zero-order chi connectivity index (χ0) is 23.1. The number of H-pyrrole nitrogens is 1. The van der Waals surface area contributed by atoms with Crippen LogP contribution >= 0.6 is 23.2 Å². The third-order valence-electron chi connectivity index (χ3n) is 6.08. The van der Waals surface area contributed by atoms with Crippen LogP contribution in [-0.4, -0.2) is 39.9 Å². The summed E-state index contributed by atoms with van der Waals surface area (Å²) >= 11 is 12.6. The molecule has 4 aromatic rings. The molecule has 0 unspecified atom stereocenters. The highest BCUT2D eigenvalue weighted by Crippen LogP contribution is 2.40. The Labute approximate surface area is 201 Å². The van der Waals surface area contributed by atoms with Crippen molar-refractivity contribution in [2.75, 3.05) is 18.6 Å². The van der Waals surface area contributed by atoms with Gasteiger partial charge in [0.15, 0.2) is 11.5 Å². The summed E-state index contributed by atoms with van der Waals surface area (Å²) in [4.78, 5) is 11.0. The Kier molecular flexibility index (Phi) is 5.76. The highest BCUT2D eigenvalue weighted by atomic mass is 35.5. The van der Waals surface area contributed by atoms with Crippen molar-refractivity contribution in [2.24, 2.45) is 0 Å². The number of rotatable bonds is 6. The molecule has 1 aliphatic rings. The smallest absolute Gasteiger partial charge is 0.162 e. The maximum Gasteiger partial charge on any atom is 0.162 e. The first-order chi connectivity index (χ1) is 16.0. The van der Waals surface area contributed by atoms with Crippen LogP contribution in [0.3, 0.4) is 0 Å². The number of aromatic amines is 1. The quantitative estimate of drug-likeness (QED) is 0.358. The minimum Gasteiger partial charge on any atom is -0.493 e. The number of fused-ring (bicyclic) bond motifs is 1. The van der Waals surface area contributed by atoms with Crippen molar-refractivity contribution in [1.82, 2.24) is 20.2 Å². The van der Waals surface area contributed by atoms with Crippen molar-refractivity contribution >= 4 is 39.9 Å². The fourth-order valence-electron chi connectivity index (χ4n) is 4.11. The molecule has 3 aromatic heterocycles. The molecule has 9 heteroatoms. The molecule has 1 N–H and O–H groups in total. The number of nitrogens with zero attached hydrogens (tertiary/aromatic N) is 4. The molecule has 1 aliphatic heterocycles. The average molecular weight is 484 g/mol. The second kappa shape index (κ2) is 8.72. The fraction of sp³-hybridized carbons (Fsp3) is 0.292. The zero-order valence-corrected chi connectivity index (χ0v) is 20.0. The van der Waals surface area contributed by atoms with Gasteiger partial charge in [0.1, 0.15) is 17.6 Å². The van der Waals surface area contributed by atoms with Crippen molar-refractivity contribution in [3.63, 3.8) is 0 Å². The zero-order valence-electron chi connectivity index (χ0n) is 18.5. The Balaban J connectivity index is 1.49. The van der Waals surface area contributed by atoms with E-state index in [-0.39, 0.29) is 0 Å². The van der Waals surface area contributed by atoms with Gasteiger partial charge in [-0.25, -0.2) is 4.98 Å². The van der Waals surface area contributed by atoms with E-state index in [0.717, 1.165) is 34.5 Å². The Bertz CT molecular complexity index is 1290. The summed E-state index contributed by atoms with van der Waals surface area (Å²) in [6, 6.07) is 8.41. The standard InChI is InChI=1S/C24H23Cl2N5O2/c1-13-6-7-31(13)22-5-4-15(10-28-22)24-16-8-21(20(32-3)9-19(16)29-30-24)33-14(2)23-17(25)11-27-12-18(23)26/h4-5,8-14H,6-7H2,1-3H3,(H,29,30)/t13-,14+/m0/s1. The van der Waals surface area contributed by atoms with Crippen LogP contribution in [0.5, 0.6) is 11.5 Å². The molecule has 0 saturated carbocycles. The second-order valence-corrected chi connectivity index (χ2v) is 8.95. The highest BCUT2D eigenvalue weighted by Gasteiger charge is 2.25. The topological polar surface area (TPSA) is 76.2 Å². The van der Waals surface area contributed by atoms with Crippen LogP contribution in [0.25, 0.3) is 22.2 Å². The van der Waals surface area contributed by atoms with Gasteiger partial charge in [0.05, 0.1) is 22.7 Å². The van der Waals surface area contributed by atoms with Gasteiger partial charge in [0.2, 0.25) is 0 Å². The summed E-state index contributed by atoms with van der Waals surface area (Å²) in [5.74, 6) is 2.12. The first-order valence-corrected chi connectivity index (χ1v) is 11.5. The lowest BCUT2D eigenvalue weighted by Gasteiger charge is -2.39. The van der Waals surface area contributed by atoms with E-state index in [2.05, 4.69) is 32.0 Å². The van der Waals surface area contributed by atoms with Crippen molar-refractivity contribution < 1.29 is 9.47 Å². The van der Waals surface area contributed by atoms with Crippen molar-refractivity contribution in [3.05, 3.63) is 58.5 Å². The lowest BCUT2D eigenvalue weighted by molar-refractivity contribution is 0.216. The van der Waals surface area contributed by atoms with E-state index < -0.39 is 6.10 Å². The van der Waals surface area contributed by atoms with Gasteiger partial charge in [-0.15, -0.1) is 0 Å². The second-order valence-electron chi connectivity index (χ2n) is 8.13. The Morgan fingerprint density at radius 3 is 2.52 bits per heavy atom. The number of halogens is 2. The highest BCUT2D eigenvalue weighted by molar-refractivity contribution is 6.35. The summed E-state index contributed by atoms with van der Waals surface area (Å²) in [6.07, 6.45) is 5.74. The van der Waals surface area contributed by atoms with Crippen LogP contribution in [0.2, 0.25) is 10.0 Å². The first-order valence-electron chi connectivity index (χ1n) is 10.7. The number of pyridine rings is 2. The van der Waals surface area contributed by atoms with Crippen LogP contribution in [0.4, 0.5) is 5.82 Å². The summed E-state index contributed by atoms with van der Waals surface area (Å²) in [5, 5.41) is 9.41. The van der Waals surface area contributed by atoms with Gasteiger partial charge in [-0.05, 0) is 38.5 Å². The number of anilines is 1. The Morgan fingerprint density at radius 2 is 1.91 bits per heavy atom. The molecule has 4 heterocycles. The largest absolute Gasteiger partial charge is 0.493 e. The van der Waals surface area contributed by atoms with E-state index in [9.17, 15) is 0 Å². The molecule has 0 bridgehead atoms. The molecule has 2 atom stereocenters. The van der Waals surface area contributed by atoms with E-state index in [1.807, 2.05) is 37.4 Å². The van der Waals surface area contributed by atoms with Gasteiger partial charge in [-0.3, -0.25) is 10.1 Å². The normalized spacial score (nSPS) is 16.5. The third kappa shape index (κ3) is 3.96. The van der Waals surface area contributed by atoms with Crippen molar-refractivity contribution in [1.29, 1.82) is 0 Å². The number of ether oxygens (including phenoxy) is 2. The first kappa shape index (κ1) is 21.8. The summed E-state index contributed by atoms with van der Waals surface area (Å²) in [5.41, 5.74) is 3.22. The maximum atomic E-state index is 6.32. The van der Waals surface area contributed by atoms with E-state index in [1.165, 1.54) is 6.42 Å². The number of aromatic nitrogens is 4. The molecule has 1 saturated heterocycles. The molecule has 7 nitrogen and oxygen atoms in total. The van der Waals surface area contributed by atoms with Gasteiger partial charge in [-0.2, -0.15) is 5.10 Å². The monoisotopic (exact) mass is 483 g/mol. The maximum absolute atomic E-state index is 6.32. The number of hydrogen-bond acceptors (Lipinski definition) is 6. The number of hydrogen-bond donors (Lipinski definition) is 1. The molecule has 0 radical (unpaired) electrons. The third-order valence-corrected chi connectivity index (χ3v) is 6.69. The van der Waals surface area contributed by atoms with E-state index >= 15 is 0 Å². The average Bonchev–Trinajstić information content (AvgIpc) is 3.20. The molecule has 0 aliphatic carbocycles.